The molecule has 1 saturated carbocycles. The Labute approximate surface area is 214 Å². The molecule has 0 amide bonds. The Morgan fingerprint density at radius 3 is 2.00 bits per heavy atom. The van der Waals surface area contributed by atoms with Crippen molar-refractivity contribution >= 4 is 18.7 Å². The van der Waals surface area contributed by atoms with Gasteiger partial charge in [0.15, 0.2) is 0 Å². The summed E-state index contributed by atoms with van der Waals surface area (Å²) in [7, 11) is -2.72. The number of benzene rings is 2. The first-order chi connectivity index (χ1) is 16.6. The molecule has 35 heavy (non-hydrogen) atoms. The molecule has 0 radical (unpaired) electrons. The summed E-state index contributed by atoms with van der Waals surface area (Å²) in [6, 6.07) is 21.3. The summed E-state index contributed by atoms with van der Waals surface area (Å²) in [5, 5.41) is 22.5. The third-order valence-corrected chi connectivity index (χ3v) is 13.8. The van der Waals surface area contributed by atoms with Gasteiger partial charge in [0.05, 0.1) is 12.7 Å². The molecule has 0 saturated heterocycles. The summed E-state index contributed by atoms with van der Waals surface area (Å²) in [5.74, 6) is 0.906. The Hall–Kier alpha value is -1.72. The molecule has 0 aromatic heterocycles. The van der Waals surface area contributed by atoms with E-state index in [2.05, 4.69) is 102 Å². The van der Waals surface area contributed by atoms with Gasteiger partial charge in [-0.3, -0.25) is 0 Å². The molecule has 0 heterocycles. The number of aliphatic hydroxyl groups excluding tert-OH is 2. The fourth-order valence-electron chi connectivity index (χ4n) is 6.20. The minimum atomic E-state index is -2.72. The maximum atomic E-state index is 10.6. The molecule has 4 heteroatoms. The van der Waals surface area contributed by atoms with Crippen molar-refractivity contribution < 1.29 is 14.6 Å². The average molecular weight is 495 g/mol. The van der Waals surface area contributed by atoms with Crippen LogP contribution in [0.3, 0.4) is 0 Å². The van der Waals surface area contributed by atoms with Crippen LogP contribution in [0.4, 0.5) is 0 Å². The summed E-state index contributed by atoms with van der Waals surface area (Å²) in [6.07, 6.45) is 4.52. The van der Waals surface area contributed by atoms with Crippen molar-refractivity contribution in [3.05, 3.63) is 72.8 Å². The minimum Gasteiger partial charge on any atom is -0.402 e. The first kappa shape index (κ1) is 27.9. The van der Waals surface area contributed by atoms with Gasteiger partial charge in [-0.2, -0.15) is 0 Å². The molecule has 3 nitrogen and oxygen atoms in total. The van der Waals surface area contributed by atoms with Gasteiger partial charge in [-0.1, -0.05) is 107 Å². The second kappa shape index (κ2) is 11.6. The summed E-state index contributed by atoms with van der Waals surface area (Å²) < 4.78 is 7.22. The normalized spacial score (nSPS) is 24.4. The summed E-state index contributed by atoms with van der Waals surface area (Å²) in [5.41, 5.74) is 1.26. The van der Waals surface area contributed by atoms with E-state index in [0.29, 0.717) is 11.8 Å². The topological polar surface area (TPSA) is 49.7 Å². The zero-order valence-electron chi connectivity index (χ0n) is 22.5. The fourth-order valence-corrected chi connectivity index (χ4v) is 10.9. The monoisotopic (exact) mass is 494 g/mol. The van der Waals surface area contributed by atoms with Crippen LogP contribution in [-0.2, 0) is 4.43 Å². The highest BCUT2D eigenvalue weighted by atomic mass is 28.4. The van der Waals surface area contributed by atoms with Crippen LogP contribution >= 0.6 is 0 Å². The fraction of sp³-hybridized carbons (Fsp3) is 0.548. The number of hydrogen-bond acceptors (Lipinski definition) is 3. The van der Waals surface area contributed by atoms with Crippen molar-refractivity contribution in [3.63, 3.8) is 0 Å². The zero-order valence-corrected chi connectivity index (χ0v) is 23.5. The van der Waals surface area contributed by atoms with Gasteiger partial charge >= 0.3 is 0 Å². The SMILES string of the molecule is C=C1C(CCO)CC[C@H](C)[C@@]1(C)CC[C@@H](CO)O[Si](c1ccccc1)(c1ccccc1)C(C)(C)C. The first-order valence-corrected chi connectivity index (χ1v) is 15.2. The largest absolute Gasteiger partial charge is 0.402 e. The van der Waals surface area contributed by atoms with Crippen LogP contribution in [0.5, 0.6) is 0 Å². The molecule has 0 aliphatic heterocycles. The highest BCUT2D eigenvalue weighted by Gasteiger charge is 2.51. The van der Waals surface area contributed by atoms with Crippen molar-refractivity contribution in [1.82, 2.24) is 0 Å². The molecular formula is C31H46O3Si. The molecule has 3 rings (SSSR count). The number of allylic oxidation sites excluding steroid dienone is 1. The van der Waals surface area contributed by atoms with Crippen LogP contribution in [0.2, 0.25) is 5.04 Å². The molecule has 2 N–H and O–H groups in total. The highest BCUT2D eigenvalue weighted by molar-refractivity contribution is 6.99. The lowest BCUT2D eigenvalue weighted by atomic mass is 9.59. The molecule has 0 bridgehead atoms. The van der Waals surface area contributed by atoms with E-state index in [1.54, 1.807) is 0 Å². The van der Waals surface area contributed by atoms with Crippen LogP contribution in [0.25, 0.3) is 0 Å². The Kier molecular flexibility index (Phi) is 9.20. The van der Waals surface area contributed by atoms with Crippen LogP contribution in [-0.4, -0.2) is 37.8 Å². The quantitative estimate of drug-likeness (QED) is 0.329. The molecule has 4 atom stereocenters. The summed E-state index contributed by atoms with van der Waals surface area (Å²) >= 11 is 0. The highest BCUT2D eigenvalue weighted by Crippen LogP contribution is 2.51. The minimum absolute atomic E-state index is 0.00149. The lowest BCUT2D eigenvalue weighted by Crippen LogP contribution is -2.68. The van der Waals surface area contributed by atoms with E-state index >= 15 is 0 Å². The second-order valence-electron chi connectivity index (χ2n) is 11.8. The van der Waals surface area contributed by atoms with Gasteiger partial charge in [-0.25, -0.2) is 0 Å². The number of hydrogen-bond donors (Lipinski definition) is 2. The summed E-state index contributed by atoms with van der Waals surface area (Å²) in [4.78, 5) is 0. The maximum absolute atomic E-state index is 10.6. The van der Waals surface area contributed by atoms with Gasteiger partial charge in [0, 0.05) is 6.61 Å². The van der Waals surface area contributed by atoms with Crippen molar-refractivity contribution in [2.75, 3.05) is 13.2 Å². The zero-order chi connectivity index (χ0) is 25.7. The molecule has 1 aliphatic carbocycles. The van der Waals surface area contributed by atoms with Gasteiger partial charge in [0.2, 0.25) is 0 Å². The third-order valence-electron chi connectivity index (χ3n) is 8.69. The van der Waals surface area contributed by atoms with Crippen molar-refractivity contribution in [2.24, 2.45) is 17.3 Å². The molecular weight excluding hydrogens is 448 g/mol. The van der Waals surface area contributed by atoms with E-state index in [1.165, 1.54) is 15.9 Å². The van der Waals surface area contributed by atoms with Crippen molar-refractivity contribution in [2.45, 2.75) is 77.9 Å². The van der Waals surface area contributed by atoms with E-state index in [4.69, 9.17) is 4.43 Å². The number of rotatable bonds is 10. The Bertz CT molecular complexity index is 897. The number of aliphatic hydroxyl groups is 2. The molecule has 1 fully saturated rings. The van der Waals surface area contributed by atoms with E-state index in [1.807, 2.05) is 0 Å². The van der Waals surface area contributed by atoms with Crippen LogP contribution in [0.15, 0.2) is 72.8 Å². The van der Waals surface area contributed by atoms with Gasteiger partial charge in [0.25, 0.3) is 8.32 Å². The van der Waals surface area contributed by atoms with E-state index < -0.39 is 8.32 Å². The van der Waals surface area contributed by atoms with Gasteiger partial charge in [-0.15, -0.1) is 0 Å². The lowest BCUT2D eigenvalue weighted by Gasteiger charge is -2.48. The van der Waals surface area contributed by atoms with Gasteiger partial charge in [0.1, 0.15) is 0 Å². The molecule has 2 aromatic carbocycles. The average Bonchev–Trinajstić information content (AvgIpc) is 2.85. The van der Waals surface area contributed by atoms with Crippen LogP contribution < -0.4 is 10.4 Å². The molecule has 1 unspecified atom stereocenters. The van der Waals surface area contributed by atoms with Crippen molar-refractivity contribution in [3.8, 4) is 0 Å². The predicted molar refractivity (Wildman–Crippen MR) is 150 cm³/mol. The second-order valence-corrected chi connectivity index (χ2v) is 16.0. The first-order valence-electron chi connectivity index (χ1n) is 13.3. The van der Waals surface area contributed by atoms with E-state index in [-0.39, 0.29) is 29.8 Å². The summed E-state index contributed by atoms with van der Waals surface area (Å²) in [6.45, 7) is 16.2. The van der Waals surface area contributed by atoms with E-state index in [9.17, 15) is 10.2 Å². The van der Waals surface area contributed by atoms with Gasteiger partial charge in [-0.05, 0) is 64.8 Å². The predicted octanol–water partition coefficient (Wildman–Crippen LogP) is 5.70. The Morgan fingerprint density at radius 1 is 1.00 bits per heavy atom. The molecule has 0 spiro atoms. The molecule has 2 aromatic rings. The van der Waals surface area contributed by atoms with Crippen LogP contribution in [0, 0.1) is 17.3 Å². The van der Waals surface area contributed by atoms with Crippen LogP contribution in [0.1, 0.15) is 66.7 Å². The Balaban J connectivity index is 1.94. The smallest absolute Gasteiger partial charge is 0.261 e. The maximum Gasteiger partial charge on any atom is 0.261 e. The van der Waals surface area contributed by atoms with Gasteiger partial charge < -0.3 is 14.6 Å². The van der Waals surface area contributed by atoms with E-state index in [0.717, 1.165) is 32.1 Å². The molecule has 1 aliphatic rings. The standard InChI is InChI=1S/C31H46O3Si/c1-24-17-18-26(20-22-32)25(2)31(24,6)21-19-27(23-33)34-35(30(3,4)5,28-13-9-7-10-14-28)29-15-11-8-12-16-29/h7-16,24,26-27,32-33H,2,17-23H2,1,3-6H3/t24-,26?,27-,31+/m0/s1. The molecule has 192 valence electrons. The lowest BCUT2D eigenvalue weighted by molar-refractivity contribution is 0.0712. The third kappa shape index (κ3) is 5.66. The van der Waals surface area contributed by atoms with Crippen molar-refractivity contribution in [1.29, 1.82) is 0 Å². The Morgan fingerprint density at radius 2 is 1.54 bits per heavy atom.